The van der Waals surface area contributed by atoms with E-state index in [4.69, 9.17) is 11.6 Å². The molecular weight excluding hydrogens is 350 g/mol. The van der Waals surface area contributed by atoms with Crippen molar-refractivity contribution in [1.29, 1.82) is 5.26 Å². The fourth-order valence-corrected chi connectivity index (χ4v) is 2.75. The lowest BCUT2D eigenvalue weighted by Gasteiger charge is -2.10. The lowest BCUT2D eigenvalue weighted by atomic mass is 10.1. The molecule has 0 bridgehead atoms. The highest BCUT2D eigenvalue weighted by atomic mass is 35.5. The van der Waals surface area contributed by atoms with Gasteiger partial charge in [-0.1, -0.05) is 17.7 Å². The highest BCUT2D eigenvalue weighted by Gasteiger charge is 2.11. The largest absolute Gasteiger partial charge is 0.359 e. The molecule has 0 aliphatic rings. The van der Waals surface area contributed by atoms with Crippen LogP contribution in [0.4, 0.5) is 11.4 Å². The van der Waals surface area contributed by atoms with E-state index in [-0.39, 0.29) is 11.4 Å². The van der Waals surface area contributed by atoms with Crippen molar-refractivity contribution >= 4 is 34.7 Å². The number of amides is 1. The Kier molecular flexibility index (Phi) is 6.16. The highest BCUT2D eigenvalue weighted by molar-refractivity contribution is 6.33. The second kappa shape index (κ2) is 8.32. The minimum absolute atomic E-state index is 0.0602. The number of anilines is 2. The van der Waals surface area contributed by atoms with Crippen LogP contribution < -0.4 is 10.6 Å². The van der Waals surface area contributed by atoms with Crippen molar-refractivity contribution in [3.05, 3.63) is 69.9 Å². The van der Waals surface area contributed by atoms with Crippen LogP contribution in [0.15, 0.2) is 48.2 Å². The monoisotopic (exact) mass is 367 g/mol. The minimum atomic E-state index is -0.559. The number of rotatable bonds is 5. The Bertz CT molecular complexity index is 902. The second-order valence-corrected chi connectivity index (χ2v) is 6.25. The number of nitrogens with one attached hydrogen (secondary N) is 2. The van der Waals surface area contributed by atoms with E-state index in [0.717, 1.165) is 11.1 Å². The standard InChI is InChI=1S/C20H18ClN3O2/c1-12-8-13(2)19(18(21)9-12)23-11-16(10-22)20(26)24-17-6-4-15(5-7-17)14(3)25/h4-9,11,23H,1-3H3,(H,24,26)/b16-11-. The summed E-state index contributed by atoms with van der Waals surface area (Å²) in [6.07, 6.45) is 1.32. The van der Waals surface area contributed by atoms with Crippen molar-refractivity contribution in [2.45, 2.75) is 20.8 Å². The van der Waals surface area contributed by atoms with Crippen LogP contribution in [-0.4, -0.2) is 11.7 Å². The molecule has 0 saturated carbocycles. The summed E-state index contributed by atoms with van der Waals surface area (Å²) in [6, 6.07) is 12.1. The summed E-state index contributed by atoms with van der Waals surface area (Å²) in [7, 11) is 0. The van der Waals surface area contributed by atoms with Crippen molar-refractivity contribution in [1.82, 2.24) is 0 Å². The Morgan fingerprint density at radius 1 is 1.15 bits per heavy atom. The van der Waals surface area contributed by atoms with Gasteiger partial charge in [-0.2, -0.15) is 5.26 Å². The zero-order chi connectivity index (χ0) is 19.3. The van der Waals surface area contributed by atoms with Crippen LogP contribution in [0.1, 0.15) is 28.4 Å². The zero-order valence-corrected chi connectivity index (χ0v) is 15.4. The Hall–Kier alpha value is -3.10. The van der Waals surface area contributed by atoms with Crippen LogP contribution in [0.3, 0.4) is 0 Å². The number of benzene rings is 2. The molecular formula is C20H18ClN3O2. The van der Waals surface area contributed by atoms with Gasteiger partial charge in [0.05, 0.1) is 10.7 Å². The van der Waals surface area contributed by atoms with Gasteiger partial charge in [-0.05, 0) is 62.2 Å². The van der Waals surface area contributed by atoms with Gasteiger partial charge in [-0.15, -0.1) is 0 Å². The Morgan fingerprint density at radius 2 is 1.81 bits per heavy atom. The van der Waals surface area contributed by atoms with E-state index in [2.05, 4.69) is 10.6 Å². The molecule has 0 spiro atoms. The molecule has 0 aliphatic heterocycles. The number of ketones is 1. The van der Waals surface area contributed by atoms with Gasteiger partial charge in [0.2, 0.25) is 0 Å². The van der Waals surface area contributed by atoms with Gasteiger partial charge in [-0.3, -0.25) is 9.59 Å². The van der Waals surface area contributed by atoms with Crippen molar-refractivity contribution in [3.8, 4) is 6.07 Å². The third kappa shape index (κ3) is 4.71. The average molecular weight is 368 g/mol. The normalized spacial score (nSPS) is 10.8. The second-order valence-electron chi connectivity index (χ2n) is 5.84. The first kappa shape index (κ1) is 19.2. The van der Waals surface area contributed by atoms with Crippen LogP contribution >= 0.6 is 11.6 Å². The molecule has 6 heteroatoms. The highest BCUT2D eigenvalue weighted by Crippen LogP contribution is 2.27. The summed E-state index contributed by atoms with van der Waals surface area (Å²) in [5.41, 5.74) is 3.51. The number of nitriles is 1. The van der Waals surface area contributed by atoms with Gasteiger partial charge < -0.3 is 10.6 Å². The fraction of sp³-hybridized carbons (Fsp3) is 0.150. The number of carbonyl (C=O) groups is 2. The first-order valence-corrected chi connectivity index (χ1v) is 8.25. The lowest BCUT2D eigenvalue weighted by Crippen LogP contribution is -2.14. The van der Waals surface area contributed by atoms with Gasteiger partial charge in [0.25, 0.3) is 5.91 Å². The van der Waals surface area contributed by atoms with Crippen molar-refractivity contribution in [2.75, 3.05) is 10.6 Å². The molecule has 26 heavy (non-hydrogen) atoms. The number of Topliss-reactive ketones (excluding diaryl/α,β-unsaturated/α-hetero) is 1. The molecule has 0 fully saturated rings. The molecule has 0 aliphatic carbocycles. The Morgan fingerprint density at radius 3 is 2.35 bits per heavy atom. The maximum absolute atomic E-state index is 12.3. The predicted octanol–water partition coefficient (Wildman–Crippen LogP) is 4.62. The summed E-state index contributed by atoms with van der Waals surface area (Å²) in [5.74, 6) is -0.619. The Balaban J connectivity index is 2.15. The van der Waals surface area contributed by atoms with E-state index in [1.54, 1.807) is 30.3 Å². The van der Waals surface area contributed by atoms with Gasteiger partial charge in [0, 0.05) is 17.5 Å². The summed E-state index contributed by atoms with van der Waals surface area (Å²) in [6.45, 7) is 5.29. The number of carbonyl (C=O) groups excluding carboxylic acids is 2. The molecule has 5 nitrogen and oxygen atoms in total. The maximum Gasteiger partial charge on any atom is 0.267 e. The third-order valence-corrected chi connectivity index (χ3v) is 4.01. The molecule has 0 heterocycles. The molecule has 2 N–H and O–H groups in total. The SMILES string of the molecule is CC(=O)c1ccc(NC(=O)/C(C#N)=C\Nc2c(C)cc(C)cc2Cl)cc1. The first-order chi connectivity index (χ1) is 12.3. The summed E-state index contributed by atoms with van der Waals surface area (Å²) in [4.78, 5) is 23.5. The van der Waals surface area contributed by atoms with E-state index in [1.807, 2.05) is 26.0 Å². The number of nitrogens with zero attached hydrogens (tertiary/aromatic N) is 1. The molecule has 0 unspecified atom stereocenters. The van der Waals surface area contributed by atoms with E-state index < -0.39 is 5.91 Å². The van der Waals surface area contributed by atoms with Crippen molar-refractivity contribution in [2.24, 2.45) is 0 Å². The van der Waals surface area contributed by atoms with Crippen molar-refractivity contribution in [3.63, 3.8) is 0 Å². The van der Waals surface area contributed by atoms with Crippen LogP contribution in [0.5, 0.6) is 0 Å². The summed E-state index contributed by atoms with van der Waals surface area (Å²) >= 11 is 6.21. The van der Waals surface area contributed by atoms with Crippen LogP contribution in [0.25, 0.3) is 0 Å². The number of hydrogen-bond donors (Lipinski definition) is 2. The Labute approximate surface area is 157 Å². The summed E-state index contributed by atoms with van der Waals surface area (Å²) < 4.78 is 0. The number of hydrogen-bond acceptors (Lipinski definition) is 4. The lowest BCUT2D eigenvalue weighted by molar-refractivity contribution is -0.112. The quantitative estimate of drug-likeness (QED) is 0.459. The van der Waals surface area contributed by atoms with Crippen LogP contribution in [0, 0.1) is 25.2 Å². The molecule has 2 rings (SSSR count). The predicted molar refractivity (Wildman–Crippen MR) is 103 cm³/mol. The van der Waals surface area contributed by atoms with Crippen LogP contribution in [-0.2, 0) is 4.79 Å². The van der Waals surface area contributed by atoms with E-state index in [1.165, 1.54) is 13.1 Å². The third-order valence-electron chi connectivity index (χ3n) is 3.71. The van der Waals surface area contributed by atoms with Crippen LogP contribution in [0.2, 0.25) is 5.02 Å². The molecule has 2 aromatic rings. The number of halogens is 1. The molecule has 1 amide bonds. The molecule has 132 valence electrons. The topological polar surface area (TPSA) is 82.0 Å². The zero-order valence-electron chi connectivity index (χ0n) is 14.7. The molecule has 0 aromatic heterocycles. The van der Waals surface area contributed by atoms with E-state index >= 15 is 0 Å². The molecule has 0 radical (unpaired) electrons. The van der Waals surface area contributed by atoms with Gasteiger partial charge >= 0.3 is 0 Å². The minimum Gasteiger partial charge on any atom is -0.359 e. The molecule has 2 aromatic carbocycles. The van der Waals surface area contributed by atoms with Gasteiger partial charge in [0.15, 0.2) is 5.78 Å². The molecule has 0 atom stereocenters. The van der Waals surface area contributed by atoms with Crippen molar-refractivity contribution < 1.29 is 9.59 Å². The smallest absolute Gasteiger partial charge is 0.267 e. The molecule has 0 saturated heterocycles. The van der Waals surface area contributed by atoms with E-state index in [9.17, 15) is 14.9 Å². The maximum atomic E-state index is 12.3. The van der Waals surface area contributed by atoms with Gasteiger partial charge in [0.1, 0.15) is 11.6 Å². The average Bonchev–Trinajstić information content (AvgIpc) is 2.57. The summed E-state index contributed by atoms with van der Waals surface area (Å²) in [5, 5.41) is 15.3. The van der Waals surface area contributed by atoms with Gasteiger partial charge in [-0.25, -0.2) is 0 Å². The number of aryl methyl sites for hydroxylation is 2. The fourth-order valence-electron chi connectivity index (χ4n) is 2.38. The van der Waals surface area contributed by atoms with E-state index in [0.29, 0.717) is 22.0 Å². The first-order valence-electron chi connectivity index (χ1n) is 7.87.